The molecule has 124 valence electrons. The molecule has 0 radical (unpaired) electrons. The van der Waals surface area contributed by atoms with Crippen LogP contribution in [-0.4, -0.2) is 57.6 Å². The largest absolute Gasteiger partial charge is 0.442 e. The van der Waals surface area contributed by atoms with Crippen molar-refractivity contribution >= 4 is 6.09 Å². The minimum atomic E-state index is -0.196. The highest BCUT2D eigenvalue weighted by Crippen LogP contribution is 2.27. The van der Waals surface area contributed by atoms with Crippen LogP contribution in [0.25, 0.3) is 0 Å². The van der Waals surface area contributed by atoms with E-state index in [0.29, 0.717) is 6.54 Å². The highest BCUT2D eigenvalue weighted by atomic mass is 16.6. The first-order chi connectivity index (χ1) is 11.8. The van der Waals surface area contributed by atoms with Gasteiger partial charge in [0.15, 0.2) is 0 Å². The molecule has 0 unspecified atom stereocenters. The molecule has 4 rings (SSSR count). The fourth-order valence-corrected chi connectivity index (χ4v) is 3.47. The van der Waals surface area contributed by atoms with E-state index in [9.17, 15) is 4.79 Å². The molecule has 4 heterocycles. The third-order valence-electron chi connectivity index (χ3n) is 4.65. The van der Waals surface area contributed by atoms with E-state index in [1.165, 1.54) is 0 Å². The average molecular weight is 324 g/mol. The van der Waals surface area contributed by atoms with Crippen LogP contribution in [-0.2, 0) is 17.7 Å². The van der Waals surface area contributed by atoms with Gasteiger partial charge in [0, 0.05) is 50.7 Å². The topological polar surface area (TPSA) is 58.6 Å². The van der Waals surface area contributed by atoms with E-state index in [1.807, 2.05) is 47.5 Å². The Balaban J connectivity index is 1.37. The molecule has 1 amide bonds. The SMILES string of the molecule is O=C1O[C@@H]2CN(Cc3ccccn3)C[C@@H]2N1CCc1ccccn1. The lowest BCUT2D eigenvalue weighted by molar-refractivity contribution is 0.120. The number of ether oxygens (including phenoxy) is 1. The van der Waals surface area contributed by atoms with Gasteiger partial charge in [-0.2, -0.15) is 0 Å². The molecule has 2 fully saturated rings. The van der Waals surface area contributed by atoms with Crippen LogP contribution >= 0.6 is 0 Å². The van der Waals surface area contributed by atoms with Gasteiger partial charge < -0.3 is 4.74 Å². The van der Waals surface area contributed by atoms with E-state index < -0.39 is 0 Å². The molecule has 0 aliphatic carbocycles. The van der Waals surface area contributed by atoms with E-state index >= 15 is 0 Å². The van der Waals surface area contributed by atoms with Gasteiger partial charge in [0.2, 0.25) is 0 Å². The molecule has 2 aromatic rings. The third-order valence-corrected chi connectivity index (χ3v) is 4.65. The first-order valence-electron chi connectivity index (χ1n) is 8.29. The second kappa shape index (κ2) is 6.57. The number of likely N-dealkylation sites (tertiary alicyclic amines) is 1. The number of hydrogen-bond donors (Lipinski definition) is 0. The van der Waals surface area contributed by atoms with Crippen molar-refractivity contribution in [1.29, 1.82) is 0 Å². The minimum Gasteiger partial charge on any atom is -0.442 e. The number of rotatable bonds is 5. The lowest BCUT2D eigenvalue weighted by atomic mass is 10.2. The Morgan fingerprint density at radius 3 is 2.50 bits per heavy atom. The number of amides is 1. The average Bonchev–Trinajstić information content (AvgIpc) is 3.11. The standard InChI is InChI=1S/C18H20N4O2/c23-18-22(10-7-14-5-1-3-8-19-14)16-12-21(13-17(16)24-18)11-15-6-2-4-9-20-15/h1-6,8-9,16-17H,7,10-13H2/t16-,17+/m0/s1. The van der Waals surface area contributed by atoms with Gasteiger partial charge in [0.05, 0.1) is 11.7 Å². The predicted molar refractivity (Wildman–Crippen MR) is 88.2 cm³/mol. The van der Waals surface area contributed by atoms with Gasteiger partial charge in [-0.05, 0) is 24.3 Å². The Morgan fingerprint density at radius 1 is 1.04 bits per heavy atom. The van der Waals surface area contributed by atoms with Crippen LogP contribution in [0.1, 0.15) is 11.4 Å². The second-order valence-corrected chi connectivity index (χ2v) is 6.27. The maximum absolute atomic E-state index is 12.1. The summed E-state index contributed by atoms with van der Waals surface area (Å²) in [5.74, 6) is 0. The quantitative estimate of drug-likeness (QED) is 0.838. The number of fused-ring (bicyclic) bond motifs is 1. The van der Waals surface area contributed by atoms with Crippen LogP contribution in [0.5, 0.6) is 0 Å². The summed E-state index contributed by atoms with van der Waals surface area (Å²) in [5.41, 5.74) is 2.04. The lowest BCUT2D eigenvalue weighted by Crippen LogP contribution is -2.39. The molecule has 2 aliphatic heterocycles. The van der Waals surface area contributed by atoms with Gasteiger partial charge in [-0.3, -0.25) is 19.8 Å². The third kappa shape index (κ3) is 3.10. The molecule has 2 aromatic heterocycles. The summed E-state index contributed by atoms with van der Waals surface area (Å²) in [6.45, 7) is 3.04. The van der Waals surface area contributed by atoms with E-state index in [1.54, 1.807) is 6.20 Å². The number of carbonyl (C=O) groups is 1. The van der Waals surface area contributed by atoms with Crippen LogP contribution < -0.4 is 0 Å². The number of nitrogens with zero attached hydrogens (tertiary/aromatic N) is 4. The van der Waals surface area contributed by atoms with Crippen molar-refractivity contribution in [2.45, 2.75) is 25.1 Å². The first-order valence-corrected chi connectivity index (χ1v) is 8.29. The van der Waals surface area contributed by atoms with Crippen molar-refractivity contribution in [2.75, 3.05) is 19.6 Å². The number of aromatic nitrogens is 2. The molecule has 0 bridgehead atoms. The van der Waals surface area contributed by atoms with Crippen LogP contribution in [0.2, 0.25) is 0 Å². The van der Waals surface area contributed by atoms with Crippen molar-refractivity contribution in [3.63, 3.8) is 0 Å². The van der Waals surface area contributed by atoms with Gasteiger partial charge in [0.25, 0.3) is 0 Å². The van der Waals surface area contributed by atoms with Crippen molar-refractivity contribution in [2.24, 2.45) is 0 Å². The minimum absolute atomic E-state index is 0.0371. The summed E-state index contributed by atoms with van der Waals surface area (Å²) in [5, 5.41) is 0. The monoisotopic (exact) mass is 324 g/mol. The van der Waals surface area contributed by atoms with Crippen molar-refractivity contribution in [3.8, 4) is 0 Å². The molecule has 2 saturated heterocycles. The van der Waals surface area contributed by atoms with E-state index in [0.717, 1.165) is 37.4 Å². The molecule has 6 nitrogen and oxygen atoms in total. The molecule has 0 N–H and O–H groups in total. The molecule has 24 heavy (non-hydrogen) atoms. The smallest absolute Gasteiger partial charge is 0.410 e. The van der Waals surface area contributed by atoms with Crippen LogP contribution in [0.4, 0.5) is 4.79 Å². The second-order valence-electron chi connectivity index (χ2n) is 6.27. The number of hydrogen-bond acceptors (Lipinski definition) is 5. The Hall–Kier alpha value is -2.47. The van der Waals surface area contributed by atoms with Gasteiger partial charge >= 0.3 is 6.09 Å². The Kier molecular flexibility index (Phi) is 4.13. The van der Waals surface area contributed by atoms with Crippen molar-refractivity contribution < 1.29 is 9.53 Å². The molecule has 0 spiro atoms. The van der Waals surface area contributed by atoms with E-state index in [2.05, 4.69) is 14.9 Å². The zero-order valence-corrected chi connectivity index (χ0v) is 13.4. The number of carbonyl (C=O) groups excluding carboxylic acids is 1. The molecular weight excluding hydrogens is 304 g/mol. The molecule has 2 aliphatic rings. The number of pyridine rings is 2. The zero-order chi connectivity index (χ0) is 16.4. The maximum Gasteiger partial charge on any atom is 0.410 e. The summed E-state index contributed by atoms with van der Waals surface area (Å²) in [6.07, 6.45) is 4.11. The van der Waals surface area contributed by atoms with E-state index in [-0.39, 0.29) is 18.2 Å². The molecule has 6 heteroatoms. The van der Waals surface area contributed by atoms with Crippen molar-refractivity contribution in [1.82, 2.24) is 19.8 Å². The highest BCUT2D eigenvalue weighted by molar-refractivity contribution is 5.71. The normalized spacial score (nSPS) is 23.3. The molecule has 2 atom stereocenters. The predicted octanol–water partition coefficient (Wildman–Crippen LogP) is 1.72. The first kappa shape index (κ1) is 15.1. The summed E-state index contributed by atoms with van der Waals surface area (Å²) < 4.78 is 5.56. The lowest BCUT2D eigenvalue weighted by Gasteiger charge is -2.22. The summed E-state index contributed by atoms with van der Waals surface area (Å²) in [4.78, 5) is 25.0. The Morgan fingerprint density at radius 2 is 1.79 bits per heavy atom. The fourth-order valence-electron chi connectivity index (χ4n) is 3.47. The van der Waals surface area contributed by atoms with Gasteiger partial charge in [0.1, 0.15) is 6.10 Å². The zero-order valence-electron chi connectivity index (χ0n) is 13.4. The van der Waals surface area contributed by atoms with Gasteiger partial charge in [-0.15, -0.1) is 0 Å². The molecule has 0 saturated carbocycles. The van der Waals surface area contributed by atoms with Crippen LogP contribution in [0, 0.1) is 0 Å². The molecular formula is C18H20N4O2. The maximum atomic E-state index is 12.1. The fraction of sp³-hybridized carbons (Fsp3) is 0.389. The van der Waals surface area contributed by atoms with Gasteiger partial charge in [-0.1, -0.05) is 12.1 Å². The highest BCUT2D eigenvalue weighted by Gasteiger charge is 2.47. The van der Waals surface area contributed by atoms with Crippen LogP contribution in [0.15, 0.2) is 48.8 Å². The Labute approximate surface area is 141 Å². The summed E-state index contributed by atoms with van der Waals surface area (Å²) >= 11 is 0. The van der Waals surface area contributed by atoms with Gasteiger partial charge in [-0.25, -0.2) is 4.79 Å². The van der Waals surface area contributed by atoms with E-state index in [4.69, 9.17) is 4.74 Å². The summed E-state index contributed by atoms with van der Waals surface area (Å²) in [7, 11) is 0. The van der Waals surface area contributed by atoms with Crippen molar-refractivity contribution in [3.05, 3.63) is 60.2 Å². The summed E-state index contributed by atoms with van der Waals surface area (Å²) in [6, 6.07) is 11.9. The van der Waals surface area contributed by atoms with Crippen LogP contribution in [0.3, 0.4) is 0 Å². The Bertz CT molecular complexity index is 695. The molecule has 0 aromatic carbocycles.